The monoisotopic (exact) mass is 249 g/mol. The van der Waals surface area contributed by atoms with Crippen molar-refractivity contribution in [3.8, 4) is 0 Å². The maximum atomic E-state index is 13.3. The molecule has 1 atom stereocenters. The molecule has 1 fully saturated rings. The van der Waals surface area contributed by atoms with E-state index in [0.29, 0.717) is 6.04 Å². The molecule has 0 saturated heterocycles. The Hall–Kier alpha value is -0.890. The molecular weight excluding hydrogens is 225 g/mol. The summed E-state index contributed by atoms with van der Waals surface area (Å²) in [6.45, 7) is 4.95. The predicted octanol–water partition coefficient (Wildman–Crippen LogP) is 4.37. The molecule has 1 N–H and O–H groups in total. The molecule has 0 heterocycles. The summed E-state index contributed by atoms with van der Waals surface area (Å²) in [6, 6.07) is 5.92. The van der Waals surface area contributed by atoms with E-state index in [1.54, 1.807) is 6.07 Å². The van der Waals surface area contributed by atoms with Gasteiger partial charge in [-0.1, -0.05) is 44.7 Å². The zero-order valence-electron chi connectivity index (χ0n) is 11.5. The summed E-state index contributed by atoms with van der Waals surface area (Å²) < 4.78 is 13.3. The van der Waals surface area contributed by atoms with E-state index in [2.05, 4.69) is 12.2 Å². The first-order valence-electron chi connectivity index (χ1n) is 7.20. The minimum Gasteiger partial charge on any atom is -0.310 e. The summed E-state index contributed by atoms with van der Waals surface area (Å²) in [4.78, 5) is 0. The molecule has 18 heavy (non-hydrogen) atoms. The van der Waals surface area contributed by atoms with Crippen molar-refractivity contribution in [2.75, 3.05) is 6.54 Å². The fourth-order valence-electron chi connectivity index (χ4n) is 3.05. The predicted molar refractivity (Wildman–Crippen MR) is 74.1 cm³/mol. The van der Waals surface area contributed by atoms with Crippen molar-refractivity contribution in [3.05, 3.63) is 35.1 Å². The summed E-state index contributed by atoms with van der Waals surface area (Å²) in [5.74, 6) is 0.745. The van der Waals surface area contributed by atoms with Crippen molar-refractivity contribution >= 4 is 0 Å². The molecule has 1 aliphatic carbocycles. The van der Waals surface area contributed by atoms with Crippen molar-refractivity contribution in [2.24, 2.45) is 5.92 Å². The molecule has 1 aliphatic rings. The lowest BCUT2D eigenvalue weighted by Gasteiger charge is -2.22. The van der Waals surface area contributed by atoms with Crippen LogP contribution in [0.2, 0.25) is 0 Å². The first-order valence-corrected chi connectivity index (χ1v) is 7.20. The summed E-state index contributed by atoms with van der Waals surface area (Å²) in [6.07, 6.45) is 6.68. The molecule has 2 rings (SSSR count). The van der Waals surface area contributed by atoms with Crippen molar-refractivity contribution in [1.82, 2.24) is 5.32 Å². The molecule has 100 valence electrons. The van der Waals surface area contributed by atoms with Gasteiger partial charge in [-0.15, -0.1) is 0 Å². The molecule has 0 aromatic heterocycles. The van der Waals surface area contributed by atoms with Crippen LogP contribution in [0.25, 0.3) is 0 Å². The Morgan fingerprint density at radius 2 is 2.06 bits per heavy atom. The number of aryl methyl sites for hydroxylation is 1. The molecule has 1 nitrogen and oxygen atoms in total. The number of halogens is 1. The third-order valence-electron chi connectivity index (χ3n) is 4.08. The van der Waals surface area contributed by atoms with Crippen LogP contribution in [0.3, 0.4) is 0 Å². The zero-order chi connectivity index (χ0) is 13.0. The van der Waals surface area contributed by atoms with E-state index < -0.39 is 0 Å². The van der Waals surface area contributed by atoms with Gasteiger partial charge in [-0.05, 0) is 43.0 Å². The van der Waals surface area contributed by atoms with Crippen LogP contribution < -0.4 is 5.32 Å². The van der Waals surface area contributed by atoms with Crippen molar-refractivity contribution < 1.29 is 4.39 Å². The Kier molecular flexibility index (Phi) is 4.76. The second-order valence-electron chi connectivity index (χ2n) is 5.51. The fraction of sp³-hybridized carbons (Fsp3) is 0.625. The zero-order valence-corrected chi connectivity index (χ0v) is 11.5. The van der Waals surface area contributed by atoms with E-state index in [1.807, 2.05) is 19.1 Å². The maximum absolute atomic E-state index is 13.3. The van der Waals surface area contributed by atoms with E-state index in [9.17, 15) is 4.39 Å². The summed E-state index contributed by atoms with van der Waals surface area (Å²) in [5.41, 5.74) is 1.99. The molecule has 0 amide bonds. The minimum atomic E-state index is -0.102. The third kappa shape index (κ3) is 3.32. The molecule has 0 aliphatic heterocycles. The van der Waals surface area contributed by atoms with Gasteiger partial charge in [0.2, 0.25) is 0 Å². The van der Waals surface area contributed by atoms with Crippen LogP contribution >= 0.6 is 0 Å². The van der Waals surface area contributed by atoms with Gasteiger partial charge < -0.3 is 5.32 Å². The van der Waals surface area contributed by atoms with Gasteiger partial charge in [0.25, 0.3) is 0 Å². The number of rotatable bonds is 5. The highest BCUT2D eigenvalue weighted by Gasteiger charge is 2.21. The number of benzene rings is 1. The number of hydrogen-bond donors (Lipinski definition) is 1. The first-order chi connectivity index (χ1) is 8.70. The summed E-state index contributed by atoms with van der Waals surface area (Å²) >= 11 is 0. The smallest absolute Gasteiger partial charge is 0.126 e. The van der Waals surface area contributed by atoms with Gasteiger partial charge in [0.15, 0.2) is 0 Å². The average Bonchev–Trinajstić information content (AvgIpc) is 2.85. The molecule has 1 saturated carbocycles. The normalized spacial score (nSPS) is 18.2. The Labute approximate surface area is 110 Å². The summed E-state index contributed by atoms with van der Waals surface area (Å²) in [7, 11) is 0. The number of hydrogen-bond acceptors (Lipinski definition) is 1. The highest BCUT2D eigenvalue weighted by Crippen LogP contribution is 2.33. The number of nitrogens with one attached hydrogen (secondary N) is 1. The quantitative estimate of drug-likeness (QED) is 0.817. The molecule has 1 aromatic rings. The highest BCUT2D eigenvalue weighted by atomic mass is 19.1. The molecule has 1 aromatic carbocycles. The van der Waals surface area contributed by atoms with E-state index in [-0.39, 0.29) is 5.82 Å². The fourth-order valence-corrected chi connectivity index (χ4v) is 3.05. The Bertz CT molecular complexity index is 383. The largest absolute Gasteiger partial charge is 0.310 e. The van der Waals surface area contributed by atoms with Crippen LogP contribution in [-0.2, 0) is 0 Å². The average molecular weight is 249 g/mol. The summed E-state index contributed by atoms with van der Waals surface area (Å²) in [5, 5.41) is 3.55. The molecule has 0 spiro atoms. The van der Waals surface area contributed by atoms with Crippen LogP contribution in [-0.4, -0.2) is 6.54 Å². The van der Waals surface area contributed by atoms with Crippen LogP contribution in [0.4, 0.5) is 4.39 Å². The Balaban J connectivity index is 2.09. The Morgan fingerprint density at radius 3 is 2.67 bits per heavy atom. The molecule has 0 radical (unpaired) electrons. The molecule has 1 unspecified atom stereocenters. The van der Waals surface area contributed by atoms with E-state index in [0.717, 1.165) is 18.0 Å². The highest BCUT2D eigenvalue weighted by molar-refractivity contribution is 5.26. The standard InChI is InChI=1S/C16H24FN/c1-3-18-16(11-13-6-4-5-7-13)14-8-9-15(17)12(2)10-14/h8-10,13,16,18H,3-7,11H2,1-2H3. The van der Waals surface area contributed by atoms with Crippen molar-refractivity contribution in [1.29, 1.82) is 0 Å². The lowest BCUT2D eigenvalue weighted by molar-refractivity contribution is 0.400. The lowest BCUT2D eigenvalue weighted by Crippen LogP contribution is -2.23. The van der Waals surface area contributed by atoms with Crippen LogP contribution in [0, 0.1) is 18.7 Å². The van der Waals surface area contributed by atoms with Crippen LogP contribution in [0.15, 0.2) is 18.2 Å². The lowest BCUT2D eigenvalue weighted by atomic mass is 9.93. The van der Waals surface area contributed by atoms with Gasteiger partial charge in [0.1, 0.15) is 5.82 Å². The Morgan fingerprint density at radius 1 is 1.33 bits per heavy atom. The second-order valence-corrected chi connectivity index (χ2v) is 5.51. The van der Waals surface area contributed by atoms with Gasteiger partial charge >= 0.3 is 0 Å². The van der Waals surface area contributed by atoms with Gasteiger partial charge in [-0.3, -0.25) is 0 Å². The van der Waals surface area contributed by atoms with Gasteiger partial charge in [0, 0.05) is 6.04 Å². The van der Waals surface area contributed by atoms with E-state index >= 15 is 0 Å². The second kappa shape index (κ2) is 6.33. The SMILES string of the molecule is CCNC(CC1CCCC1)c1ccc(F)c(C)c1. The maximum Gasteiger partial charge on any atom is 0.126 e. The van der Waals surface area contributed by atoms with Crippen molar-refractivity contribution in [2.45, 2.75) is 52.0 Å². The van der Waals surface area contributed by atoms with E-state index in [1.165, 1.54) is 37.7 Å². The van der Waals surface area contributed by atoms with Crippen LogP contribution in [0.1, 0.15) is 56.2 Å². The van der Waals surface area contributed by atoms with Gasteiger partial charge in [-0.25, -0.2) is 4.39 Å². The minimum absolute atomic E-state index is 0.102. The molecule has 2 heteroatoms. The van der Waals surface area contributed by atoms with Gasteiger partial charge in [0.05, 0.1) is 0 Å². The van der Waals surface area contributed by atoms with Crippen LogP contribution in [0.5, 0.6) is 0 Å². The topological polar surface area (TPSA) is 12.0 Å². The first kappa shape index (κ1) is 13.5. The van der Waals surface area contributed by atoms with Gasteiger partial charge in [-0.2, -0.15) is 0 Å². The van der Waals surface area contributed by atoms with E-state index in [4.69, 9.17) is 0 Å². The van der Waals surface area contributed by atoms with Crippen molar-refractivity contribution in [3.63, 3.8) is 0 Å². The molecular formula is C16H24FN. The third-order valence-corrected chi connectivity index (χ3v) is 4.08. The molecule has 0 bridgehead atoms.